The molecule has 0 spiro atoms. The van der Waals surface area contributed by atoms with E-state index in [0.29, 0.717) is 29.4 Å². The van der Waals surface area contributed by atoms with Gasteiger partial charge in [-0.25, -0.2) is 9.97 Å². The van der Waals surface area contributed by atoms with Crippen LogP contribution in [-0.4, -0.2) is 43.4 Å². The second kappa shape index (κ2) is 6.90. The SMILES string of the molecule is CNC(=O)c1cc2cnc(NCCn3cccc3)nc2n2c1nc1ccccc12. The Balaban J connectivity index is 1.64. The van der Waals surface area contributed by atoms with Gasteiger partial charge in [0.2, 0.25) is 5.95 Å². The highest BCUT2D eigenvalue weighted by atomic mass is 16.1. The molecule has 2 N–H and O–H groups in total. The van der Waals surface area contributed by atoms with Gasteiger partial charge in [-0.05, 0) is 30.3 Å². The number of amides is 1. The summed E-state index contributed by atoms with van der Waals surface area (Å²) in [5.74, 6) is 0.345. The van der Waals surface area contributed by atoms with Gasteiger partial charge in [0.05, 0.1) is 16.6 Å². The van der Waals surface area contributed by atoms with E-state index in [-0.39, 0.29) is 5.91 Å². The van der Waals surface area contributed by atoms with Gasteiger partial charge in [0, 0.05) is 44.1 Å². The number of fused-ring (bicyclic) bond motifs is 5. The first-order valence-corrected chi connectivity index (χ1v) is 9.38. The summed E-state index contributed by atoms with van der Waals surface area (Å²) in [4.78, 5) is 26.3. The van der Waals surface area contributed by atoms with Crippen LogP contribution in [-0.2, 0) is 6.54 Å². The first-order valence-electron chi connectivity index (χ1n) is 9.38. The van der Waals surface area contributed by atoms with E-state index < -0.39 is 0 Å². The van der Waals surface area contributed by atoms with Crippen molar-refractivity contribution in [2.24, 2.45) is 0 Å². The second-order valence-electron chi connectivity index (χ2n) is 6.72. The van der Waals surface area contributed by atoms with Crippen LogP contribution in [0.1, 0.15) is 10.4 Å². The van der Waals surface area contributed by atoms with Crippen LogP contribution < -0.4 is 10.6 Å². The van der Waals surface area contributed by atoms with Crippen LogP contribution >= 0.6 is 0 Å². The van der Waals surface area contributed by atoms with Crippen LogP contribution in [0.4, 0.5) is 5.95 Å². The number of nitrogens with zero attached hydrogens (tertiary/aromatic N) is 5. The largest absolute Gasteiger partial charge is 0.355 e. The molecule has 1 amide bonds. The van der Waals surface area contributed by atoms with Gasteiger partial charge in [-0.1, -0.05) is 12.1 Å². The Labute approximate surface area is 166 Å². The lowest BCUT2D eigenvalue weighted by Gasteiger charge is -2.10. The quantitative estimate of drug-likeness (QED) is 0.486. The van der Waals surface area contributed by atoms with Crippen molar-refractivity contribution in [3.05, 3.63) is 66.6 Å². The summed E-state index contributed by atoms with van der Waals surface area (Å²) in [7, 11) is 1.61. The van der Waals surface area contributed by atoms with Gasteiger partial charge in [-0.3, -0.25) is 9.20 Å². The van der Waals surface area contributed by atoms with Crippen molar-refractivity contribution in [2.45, 2.75) is 6.54 Å². The summed E-state index contributed by atoms with van der Waals surface area (Å²) < 4.78 is 4.01. The highest BCUT2D eigenvalue weighted by Gasteiger charge is 2.18. The van der Waals surface area contributed by atoms with Gasteiger partial charge in [0.25, 0.3) is 5.91 Å². The number of imidazole rings is 1. The molecule has 5 rings (SSSR count). The van der Waals surface area contributed by atoms with Crippen LogP contribution in [0.3, 0.4) is 0 Å². The minimum atomic E-state index is -0.193. The molecule has 29 heavy (non-hydrogen) atoms. The number of carbonyl (C=O) groups is 1. The molecule has 0 unspecified atom stereocenters. The number of hydrogen-bond acceptors (Lipinski definition) is 5. The van der Waals surface area contributed by atoms with Crippen LogP contribution in [0.15, 0.2) is 61.1 Å². The molecule has 0 bridgehead atoms. The predicted octanol–water partition coefficient (Wildman–Crippen LogP) is 2.70. The Morgan fingerprint density at radius 2 is 1.90 bits per heavy atom. The number of nitrogens with one attached hydrogen (secondary N) is 2. The number of pyridine rings is 1. The zero-order chi connectivity index (χ0) is 19.8. The fourth-order valence-corrected chi connectivity index (χ4v) is 3.51. The Morgan fingerprint density at radius 3 is 2.72 bits per heavy atom. The third-order valence-electron chi connectivity index (χ3n) is 4.90. The molecular weight excluding hydrogens is 366 g/mol. The van der Waals surface area contributed by atoms with E-state index in [0.717, 1.165) is 23.0 Å². The maximum atomic E-state index is 12.4. The van der Waals surface area contributed by atoms with Gasteiger partial charge < -0.3 is 15.2 Å². The van der Waals surface area contributed by atoms with Gasteiger partial charge >= 0.3 is 0 Å². The lowest BCUT2D eigenvalue weighted by molar-refractivity contribution is 0.0964. The Kier molecular flexibility index (Phi) is 4.09. The second-order valence-corrected chi connectivity index (χ2v) is 6.72. The van der Waals surface area contributed by atoms with E-state index in [1.54, 1.807) is 19.3 Å². The van der Waals surface area contributed by atoms with Crippen molar-refractivity contribution < 1.29 is 4.79 Å². The molecule has 1 aromatic carbocycles. The zero-order valence-corrected chi connectivity index (χ0v) is 15.8. The molecular formula is C21H19N7O. The molecule has 4 aromatic heterocycles. The van der Waals surface area contributed by atoms with Crippen molar-refractivity contribution in [2.75, 3.05) is 18.9 Å². The highest BCUT2D eigenvalue weighted by Crippen LogP contribution is 2.25. The van der Waals surface area contributed by atoms with Gasteiger partial charge in [0.1, 0.15) is 0 Å². The molecule has 5 aromatic rings. The molecule has 0 saturated heterocycles. The third kappa shape index (κ3) is 2.94. The number of rotatable bonds is 5. The number of benzene rings is 1. The van der Waals surface area contributed by atoms with E-state index in [9.17, 15) is 4.79 Å². The first-order chi connectivity index (χ1) is 14.2. The third-order valence-corrected chi connectivity index (χ3v) is 4.90. The molecule has 0 radical (unpaired) electrons. The van der Waals surface area contributed by atoms with Gasteiger partial charge in [0.15, 0.2) is 11.3 Å². The monoisotopic (exact) mass is 385 g/mol. The summed E-state index contributed by atoms with van der Waals surface area (Å²) in [6.45, 7) is 1.51. The van der Waals surface area contributed by atoms with Crippen molar-refractivity contribution in [3.8, 4) is 0 Å². The van der Waals surface area contributed by atoms with Crippen LogP contribution in [0.2, 0.25) is 0 Å². The molecule has 4 heterocycles. The maximum Gasteiger partial charge on any atom is 0.254 e. The van der Waals surface area contributed by atoms with Gasteiger partial charge in [-0.15, -0.1) is 0 Å². The van der Waals surface area contributed by atoms with Crippen LogP contribution in [0.5, 0.6) is 0 Å². The number of anilines is 1. The van der Waals surface area contributed by atoms with Crippen LogP contribution in [0, 0.1) is 0 Å². The van der Waals surface area contributed by atoms with E-state index in [1.165, 1.54) is 0 Å². The Morgan fingerprint density at radius 1 is 1.07 bits per heavy atom. The predicted molar refractivity (Wildman–Crippen MR) is 112 cm³/mol. The molecule has 144 valence electrons. The molecule has 0 fully saturated rings. The molecule has 0 aliphatic heterocycles. The average Bonchev–Trinajstić information content (AvgIpc) is 3.40. The van der Waals surface area contributed by atoms with E-state index in [1.807, 2.05) is 53.2 Å². The normalized spacial score (nSPS) is 11.3. The molecule has 8 heteroatoms. The van der Waals surface area contributed by atoms with E-state index >= 15 is 0 Å². The summed E-state index contributed by atoms with van der Waals surface area (Å²) in [6, 6.07) is 13.6. The van der Waals surface area contributed by atoms with Gasteiger partial charge in [-0.2, -0.15) is 4.98 Å². The molecule has 0 aliphatic rings. The fourth-order valence-electron chi connectivity index (χ4n) is 3.51. The fraction of sp³-hybridized carbons (Fsp3) is 0.143. The molecule has 0 saturated carbocycles. The molecule has 8 nitrogen and oxygen atoms in total. The Hall–Kier alpha value is -3.94. The molecule has 0 atom stereocenters. The van der Waals surface area contributed by atoms with E-state index in [4.69, 9.17) is 4.98 Å². The lowest BCUT2D eigenvalue weighted by Crippen LogP contribution is -2.19. The van der Waals surface area contributed by atoms with Crippen molar-refractivity contribution in [1.82, 2.24) is 29.2 Å². The Bertz CT molecular complexity index is 1340. The lowest BCUT2D eigenvalue weighted by atomic mass is 10.2. The average molecular weight is 385 g/mol. The zero-order valence-electron chi connectivity index (χ0n) is 15.8. The smallest absolute Gasteiger partial charge is 0.254 e. The standard InChI is InChI=1S/C21H19N7O/c1-22-20(29)15-12-14-13-24-21(23-8-11-27-9-4-5-10-27)26-18(14)28-17-7-3-2-6-16(17)25-19(15)28/h2-7,9-10,12-13H,8,11H2,1H3,(H,22,29)(H,23,24,26). The molecule has 0 aliphatic carbocycles. The van der Waals surface area contributed by atoms with Crippen LogP contribution in [0.25, 0.3) is 27.7 Å². The summed E-state index contributed by atoms with van der Waals surface area (Å²) >= 11 is 0. The minimum absolute atomic E-state index is 0.193. The number of hydrogen-bond donors (Lipinski definition) is 2. The number of carbonyl (C=O) groups excluding carboxylic acids is 1. The summed E-state index contributed by atoms with van der Waals surface area (Å²) in [5.41, 5.74) is 3.49. The summed E-state index contributed by atoms with van der Waals surface area (Å²) in [5, 5.41) is 6.73. The number of aromatic nitrogens is 5. The highest BCUT2D eigenvalue weighted by molar-refractivity contribution is 6.05. The van der Waals surface area contributed by atoms with Crippen molar-refractivity contribution in [3.63, 3.8) is 0 Å². The maximum absolute atomic E-state index is 12.4. The number of para-hydroxylation sites is 2. The minimum Gasteiger partial charge on any atom is -0.355 e. The summed E-state index contributed by atoms with van der Waals surface area (Å²) in [6.07, 6.45) is 5.77. The topological polar surface area (TPSA) is 89.1 Å². The van der Waals surface area contributed by atoms with E-state index in [2.05, 4.69) is 25.2 Å². The van der Waals surface area contributed by atoms with Crippen molar-refractivity contribution in [1.29, 1.82) is 0 Å². The van der Waals surface area contributed by atoms with Crippen molar-refractivity contribution >= 4 is 39.6 Å². The first kappa shape index (κ1) is 17.2.